The van der Waals surface area contributed by atoms with Crippen LogP contribution < -0.4 is 14.8 Å². The molecule has 2 aromatic carbocycles. The summed E-state index contributed by atoms with van der Waals surface area (Å²) in [6.45, 7) is 6.00. The third kappa shape index (κ3) is 4.18. The Morgan fingerprint density at radius 1 is 1.16 bits per heavy atom. The summed E-state index contributed by atoms with van der Waals surface area (Å²) in [6, 6.07) is 5.90. The van der Waals surface area contributed by atoms with E-state index in [1.165, 1.54) is 0 Å². The second-order valence-corrected chi connectivity index (χ2v) is 9.36. The van der Waals surface area contributed by atoms with E-state index in [1.54, 1.807) is 19.6 Å². The summed E-state index contributed by atoms with van der Waals surface area (Å²) in [7, 11) is 1.54. The monoisotopic (exact) mass is 438 g/mol. The summed E-state index contributed by atoms with van der Waals surface area (Å²) < 4.78 is 16.5. The number of nitrogens with zero attached hydrogens (tertiary/aromatic N) is 4. The van der Waals surface area contributed by atoms with Gasteiger partial charge in [-0.25, -0.2) is 14.3 Å². The zero-order valence-electron chi connectivity index (χ0n) is 18.5. The van der Waals surface area contributed by atoms with Gasteiger partial charge in [-0.3, -0.25) is 5.10 Å². The van der Waals surface area contributed by atoms with E-state index in [1.807, 2.05) is 39.0 Å². The summed E-state index contributed by atoms with van der Waals surface area (Å²) in [4.78, 5) is 9.02. The average Bonchev–Trinajstić information content (AvgIpc) is 3.14. The number of hydrogen-bond acceptors (Lipinski definition) is 7. The average molecular weight is 439 g/mol. The zero-order valence-corrected chi connectivity index (χ0v) is 19.3. The number of anilines is 2. The van der Waals surface area contributed by atoms with Crippen LogP contribution in [0.2, 0.25) is 0 Å². The van der Waals surface area contributed by atoms with Crippen LogP contribution in [0.15, 0.2) is 35.1 Å². The van der Waals surface area contributed by atoms with Crippen LogP contribution in [0.4, 0.5) is 17.2 Å². The Morgan fingerprint density at radius 2 is 1.97 bits per heavy atom. The first kappa shape index (κ1) is 21.0. The van der Waals surface area contributed by atoms with Crippen LogP contribution >= 0.6 is 0 Å². The fourth-order valence-electron chi connectivity index (χ4n) is 3.54. The molecular formula is C22H26N6O2S. The molecule has 0 saturated carbocycles. The molecule has 8 nitrogen and oxygen atoms in total. The molecule has 4 rings (SSSR count). The first-order valence-corrected chi connectivity index (χ1v) is 11.9. The van der Waals surface area contributed by atoms with Crippen molar-refractivity contribution in [1.29, 1.82) is 0 Å². The SMILES string of the molecule is COc1c(N=S(C)C)cc2ncnc(Nc3cc4cn[nH]c4cc3OC(C)C)c2c1C. The minimum Gasteiger partial charge on any atom is -0.494 e. The molecule has 0 atom stereocenters. The van der Waals surface area contributed by atoms with Crippen molar-refractivity contribution in [3.63, 3.8) is 0 Å². The molecule has 4 aromatic rings. The fraction of sp³-hybridized carbons (Fsp3) is 0.318. The molecule has 31 heavy (non-hydrogen) atoms. The van der Waals surface area contributed by atoms with E-state index in [4.69, 9.17) is 13.8 Å². The van der Waals surface area contributed by atoms with Gasteiger partial charge in [0.25, 0.3) is 0 Å². The van der Waals surface area contributed by atoms with Gasteiger partial charge in [0.1, 0.15) is 29.3 Å². The Balaban J connectivity index is 1.89. The number of hydrogen-bond donors (Lipinski definition) is 2. The predicted octanol–water partition coefficient (Wildman–Crippen LogP) is 5.05. The van der Waals surface area contributed by atoms with Crippen LogP contribution in [0.25, 0.3) is 21.8 Å². The molecule has 0 aliphatic heterocycles. The molecule has 0 radical (unpaired) electrons. The molecule has 0 saturated heterocycles. The Labute approximate surface area is 183 Å². The Kier molecular flexibility index (Phi) is 5.77. The lowest BCUT2D eigenvalue weighted by Gasteiger charge is -2.18. The van der Waals surface area contributed by atoms with Crippen molar-refractivity contribution in [1.82, 2.24) is 20.2 Å². The summed E-state index contributed by atoms with van der Waals surface area (Å²) in [5.41, 5.74) is 4.25. The lowest BCUT2D eigenvalue weighted by Crippen LogP contribution is -2.08. The molecule has 0 bridgehead atoms. The third-order valence-corrected chi connectivity index (χ3v) is 5.30. The molecular weight excluding hydrogens is 412 g/mol. The molecule has 0 fully saturated rings. The predicted molar refractivity (Wildman–Crippen MR) is 127 cm³/mol. The van der Waals surface area contributed by atoms with Crippen LogP contribution in [0, 0.1) is 6.92 Å². The van der Waals surface area contributed by atoms with Crippen molar-refractivity contribution in [3.05, 3.63) is 36.3 Å². The highest BCUT2D eigenvalue weighted by atomic mass is 32.2. The topological polar surface area (TPSA) is 97.3 Å². The second-order valence-electron chi connectivity index (χ2n) is 7.63. The minimum atomic E-state index is -0.124. The minimum absolute atomic E-state index is 0.0194. The van der Waals surface area contributed by atoms with E-state index in [0.29, 0.717) is 5.82 Å². The van der Waals surface area contributed by atoms with E-state index in [9.17, 15) is 0 Å². The van der Waals surface area contributed by atoms with E-state index >= 15 is 0 Å². The molecule has 0 amide bonds. The van der Waals surface area contributed by atoms with Crippen molar-refractivity contribution in [2.75, 3.05) is 24.9 Å². The number of benzene rings is 2. The Morgan fingerprint density at radius 3 is 2.68 bits per heavy atom. The number of ether oxygens (including phenoxy) is 2. The van der Waals surface area contributed by atoms with Crippen LogP contribution in [0.3, 0.4) is 0 Å². The van der Waals surface area contributed by atoms with Gasteiger partial charge in [-0.2, -0.15) is 5.10 Å². The maximum Gasteiger partial charge on any atom is 0.148 e. The molecule has 0 spiro atoms. The molecule has 2 N–H and O–H groups in total. The van der Waals surface area contributed by atoms with Gasteiger partial charge < -0.3 is 14.8 Å². The summed E-state index contributed by atoms with van der Waals surface area (Å²) >= 11 is 0. The van der Waals surface area contributed by atoms with Crippen LogP contribution in [-0.2, 0) is 10.7 Å². The molecule has 2 aromatic heterocycles. The van der Waals surface area contributed by atoms with Gasteiger partial charge >= 0.3 is 0 Å². The van der Waals surface area contributed by atoms with Gasteiger partial charge in [-0.05, 0) is 45.4 Å². The highest BCUT2D eigenvalue weighted by molar-refractivity contribution is 7.85. The molecule has 0 aliphatic rings. The molecule has 9 heteroatoms. The van der Waals surface area contributed by atoms with Crippen molar-refractivity contribution in [3.8, 4) is 11.5 Å². The Bertz CT molecular complexity index is 1290. The molecule has 0 unspecified atom stereocenters. The highest BCUT2D eigenvalue weighted by Gasteiger charge is 2.17. The van der Waals surface area contributed by atoms with Crippen molar-refractivity contribution in [2.45, 2.75) is 26.9 Å². The van der Waals surface area contributed by atoms with Gasteiger partial charge in [-0.15, -0.1) is 10.7 Å². The number of aromatic amines is 1. The van der Waals surface area contributed by atoms with E-state index in [2.05, 4.69) is 38.0 Å². The lowest BCUT2D eigenvalue weighted by molar-refractivity contribution is 0.244. The van der Waals surface area contributed by atoms with Gasteiger partial charge in [0.15, 0.2) is 0 Å². The number of nitrogens with one attached hydrogen (secondary N) is 2. The van der Waals surface area contributed by atoms with Gasteiger partial charge in [0.2, 0.25) is 0 Å². The quantitative estimate of drug-likeness (QED) is 0.437. The first-order valence-electron chi connectivity index (χ1n) is 9.90. The Hall–Kier alpha value is -3.20. The standard InChI is InChI=1S/C22H26N6O2S/c1-12(2)30-19-9-15-14(10-25-27-15)7-16(19)26-22-20-13(3)21(29-4)18(28-31(5)6)8-17(20)23-11-24-22/h7-12H,1-6H3,(H,25,27)(H,23,24,26). The van der Waals surface area contributed by atoms with E-state index in [0.717, 1.165) is 50.2 Å². The second kappa shape index (κ2) is 8.50. The van der Waals surface area contributed by atoms with Gasteiger partial charge in [0.05, 0.1) is 36.1 Å². The summed E-state index contributed by atoms with van der Waals surface area (Å²) in [6.07, 6.45) is 7.48. The van der Waals surface area contributed by atoms with Gasteiger partial charge in [-0.1, -0.05) is 0 Å². The maximum absolute atomic E-state index is 6.05. The number of H-pyrrole nitrogens is 1. The van der Waals surface area contributed by atoms with Crippen LogP contribution in [0.5, 0.6) is 11.5 Å². The first-order chi connectivity index (χ1) is 14.9. The number of aromatic nitrogens is 4. The lowest BCUT2D eigenvalue weighted by atomic mass is 10.1. The normalized spacial score (nSPS) is 11.5. The smallest absolute Gasteiger partial charge is 0.148 e. The fourth-order valence-corrected chi connectivity index (χ4v) is 4.07. The number of fused-ring (bicyclic) bond motifs is 2. The number of rotatable bonds is 6. The van der Waals surface area contributed by atoms with Gasteiger partial charge in [0, 0.05) is 22.4 Å². The van der Waals surface area contributed by atoms with Crippen molar-refractivity contribution >= 4 is 49.7 Å². The van der Waals surface area contributed by atoms with Crippen molar-refractivity contribution in [2.24, 2.45) is 4.36 Å². The highest BCUT2D eigenvalue weighted by Crippen LogP contribution is 2.40. The third-order valence-electron chi connectivity index (χ3n) is 4.74. The summed E-state index contributed by atoms with van der Waals surface area (Å²) in [5.74, 6) is 2.13. The van der Waals surface area contributed by atoms with Crippen molar-refractivity contribution < 1.29 is 9.47 Å². The molecule has 0 aliphatic carbocycles. The van der Waals surface area contributed by atoms with E-state index in [-0.39, 0.29) is 16.8 Å². The van der Waals surface area contributed by atoms with Crippen LogP contribution in [0.1, 0.15) is 19.4 Å². The molecule has 162 valence electrons. The largest absolute Gasteiger partial charge is 0.494 e. The van der Waals surface area contributed by atoms with Crippen LogP contribution in [-0.4, -0.2) is 45.9 Å². The number of aryl methyl sites for hydroxylation is 1. The number of methoxy groups -OCH3 is 1. The summed E-state index contributed by atoms with van der Waals surface area (Å²) in [5, 5.41) is 12.4. The van der Waals surface area contributed by atoms with E-state index < -0.39 is 0 Å². The molecule has 2 heterocycles. The maximum atomic E-state index is 6.05. The zero-order chi connectivity index (χ0) is 22.1.